The molecule has 0 fully saturated rings. The molecular weight excluding hydrogens is 743 g/mol. The maximum atomic E-state index is 9.34. The molecular formula is C54H33NOS2. The Bertz CT molecular complexity index is 3970. The summed E-state index contributed by atoms with van der Waals surface area (Å²) < 4.78 is 80.0. The van der Waals surface area contributed by atoms with Crippen LogP contribution < -0.4 is 4.90 Å². The predicted molar refractivity (Wildman–Crippen MR) is 250 cm³/mol. The maximum absolute atomic E-state index is 9.34. The maximum Gasteiger partial charge on any atom is 0.135 e. The van der Waals surface area contributed by atoms with Gasteiger partial charge >= 0.3 is 0 Å². The summed E-state index contributed by atoms with van der Waals surface area (Å²) in [5, 5.41) is 4.78. The zero-order chi connectivity index (χ0) is 45.1. The molecule has 4 heteroatoms. The molecule has 0 aliphatic heterocycles. The molecule has 12 aromatic rings. The van der Waals surface area contributed by atoms with Crippen LogP contribution in [-0.4, -0.2) is 0 Å². The summed E-state index contributed by atoms with van der Waals surface area (Å²) in [6, 6.07) is 49.8. The Balaban J connectivity index is 0.989. The van der Waals surface area contributed by atoms with Crippen molar-refractivity contribution in [3.8, 4) is 33.4 Å². The van der Waals surface area contributed by atoms with Gasteiger partial charge in [-0.3, -0.25) is 0 Å². The molecule has 0 unspecified atom stereocenters. The van der Waals surface area contributed by atoms with Gasteiger partial charge in [-0.2, -0.15) is 0 Å². The van der Waals surface area contributed by atoms with E-state index >= 15 is 0 Å². The number of nitrogens with zero attached hydrogens (tertiary/aromatic N) is 1. The van der Waals surface area contributed by atoms with Crippen molar-refractivity contribution >= 4 is 102 Å². The minimum absolute atomic E-state index is 0.0254. The second-order valence-corrected chi connectivity index (χ2v) is 16.3. The number of rotatable bonds is 6. The summed E-state index contributed by atoms with van der Waals surface area (Å²) in [7, 11) is 0. The van der Waals surface area contributed by atoms with Crippen molar-refractivity contribution in [1.82, 2.24) is 0 Å². The second-order valence-electron chi connectivity index (χ2n) is 14.2. The van der Waals surface area contributed by atoms with Crippen molar-refractivity contribution < 1.29 is 15.4 Å². The number of thiophene rings is 2. The molecule has 9 aromatic carbocycles. The molecule has 0 bridgehead atoms. The fourth-order valence-electron chi connectivity index (χ4n) is 8.21. The van der Waals surface area contributed by atoms with Crippen LogP contribution in [0.2, 0.25) is 0 Å². The van der Waals surface area contributed by atoms with Crippen LogP contribution in [0.1, 0.15) is 11.0 Å². The zero-order valence-electron chi connectivity index (χ0n) is 38.6. The van der Waals surface area contributed by atoms with Crippen LogP contribution >= 0.6 is 22.7 Å². The zero-order valence-corrected chi connectivity index (χ0v) is 32.2. The molecule has 0 atom stereocenters. The first-order valence-corrected chi connectivity index (χ1v) is 20.6. The monoisotopic (exact) mass is 783 g/mol. The van der Waals surface area contributed by atoms with E-state index in [4.69, 9.17) is 14.0 Å². The van der Waals surface area contributed by atoms with E-state index in [1.54, 1.807) is 22.7 Å². The first-order chi connectivity index (χ1) is 32.1. The molecule has 0 N–H and O–H groups in total. The van der Waals surface area contributed by atoms with Crippen molar-refractivity contribution in [3.05, 3.63) is 200 Å². The fraction of sp³-hybridized carbons (Fsp3) is 0. The van der Waals surface area contributed by atoms with Crippen LogP contribution in [0.15, 0.2) is 204 Å². The van der Waals surface area contributed by atoms with Crippen molar-refractivity contribution in [2.24, 2.45) is 0 Å². The molecule has 0 spiro atoms. The number of para-hydroxylation sites is 1. The third kappa shape index (κ3) is 5.37. The Morgan fingerprint density at radius 1 is 0.379 bits per heavy atom. The SMILES string of the molecule is [2H]c1c([2H])c([2H])c2c(oc3c([2H])c([2H])c(-c4ccc(N(c5ccc(-c6cccc7sc8ccccc8c67)cc5)c5ccc(-c6ccc([2H])c7sc8ccccc8c67)cc5)cc4)c([2H])c32)c1[2H]. The van der Waals surface area contributed by atoms with Crippen LogP contribution in [0, 0.1) is 0 Å². The first kappa shape index (κ1) is 26.0. The number of hydrogen-bond acceptors (Lipinski definition) is 4. The Labute approximate surface area is 354 Å². The van der Waals surface area contributed by atoms with Gasteiger partial charge < -0.3 is 9.32 Å². The first-order valence-electron chi connectivity index (χ1n) is 22.9. The molecule has 0 saturated carbocycles. The van der Waals surface area contributed by atoms with Crippen molar-refractivity contribution in [2.75, 3.05) is 4.90 Å². The summed E-state index contributed by atoms with van der Waals surface area (Å²) >= 11 is 3.44. The molecule has 0 radical (unpaired) electrons. The second kappa shape index (κ2) is 13.3. The number of hydrogen-bond donors (Lipinski definition) is 0. The molecule has 0 amide bonds. The van der Waals surface area contributed by atoms with Gasteiger partial charge in [-0.05, 0) is 112 Å². The van der Waals surface area contributed by atoms with E-state index in [9.17, 15) is 1.37 Å². The molecule has 3 heterocycles. The highest BCUT2D eigenvalue weighted by Gasteiger charge is 2.17. The highest BCUT2D eigenvalue weighted by molar-refractivity contribution is 7.26. The van der Waals surface area contributed by atoms with E-state index in [1.165, 1.54) is 20.2 Å². The third-order valence-electron chi connectivity index (χ3n) is 10.9. The lowest BCUT2D eigenvalue weighted by Crippen LogP contribution is -2.09. The van der Waals surface area contributed by atoms with Gasteiger partial charge in [0.1, 0.15) is 11.2 Å². The lowest BCUT2D eigenvalue weighted by molar-refractivity contribution is 0.669. The highest BCUT2D eigenvalue weighted by atomic mass is 32.1. The minimum Gasteiger partial charge on any atom is -0.456 e. The summed E-state index contributed by atoms with van der Waals surface area (Å²) in [4.78, 5) is 2.16. The van der Waals surface area contributed by atoms with E-state index in [-0.39, 0.29) is 51.7 Å². The van der Waals surface area contributed by atoms with Crippen molar-refractivity contribution in [3.63, 3.8) is 0 Å². The van der Waals surface area contributed by atoms with Gasteiger partial charge in [0.2, 0.25) is 0 Å². The Hall–Kier alpha value is -6.98. The predicted octanol–water partition coefficient (Wildman–Crippen LogP) is 16.8. The quantitative estimate of drug-likeness (QED) is 0.167. The van der Waals surface area contributed by atoms with E-state index in [0.29, 0.717) is 11.6 Å². The van der Waals surface area contributed by atoms with Gasteiger partial charge in [0, 0.05) is 68.2 Å². The molecule has 0 saturated heterocycles. The minimum atomic E-state index is -0.468. The van der Waals surface area contributed by atoms with E-state index in [0.717, 1.165) is 59.5 Å². The van der Waals surface area contributed by atoms with E-state index in [1.807, 2.05) is 48.5 Å². The Kier molecular flexibility index (Phi) is 5.98. The van der Waals surface area contributed by atoms with E-state index in [2.05, 4.69) is 108 Å². The largest absolute Gasteiger partial charge is 0.456 e. The van der Waals surface area contributed by atoms with Crippen LogP contribution in [0.3, 0.4) is 0 Å². The summed E-state index contributed by atoms with van der Waals surface area (Å²) in [6.45, 7) is 0. The Morgan fingerprint density at radius 3 is 1.59 bits per heavy atom. The van der Waals surface area contributed by atoms with E-state index < -0.39 is 18.1 Å². The van der Waals surface area contributed by atoms with Crippen molar-refractivity contribution in [2.45, 2.75) is 0 Å². The number of anilines is 3. The molecule has 3 aromatic heterocycles. The number of benzene rings is 9. The molecule has 2 nitrogen and oxygen atoms in total. The smallest absolute Gasteiger partial charge is 0.135 e. The fourth-order valence-corrected chi connectivity index (χ4v) is 10.4. The standard InChI is InChI=1S/C54H33NOS2/c1-4-14-47-43(9-1)46-33-37(25-32-48(46)56-47)34-19-26-38(27-20-34)55(39-28-21-35(22-29-39)41-12-7-17-51-53(41)44-10-2-5-15-49(44)57-51)40-30-23-36(24-31-40)42-13-8-18-52-54(42)45-11-3-6-16-50(45)58-52/h1-33H/i1D,4D,9D,14D,17D,25D,32D,33D. The van der Waals surface area contributed by atoms with Gasteiger partial charge in [0.25, 0.3) is 0 Å². The number of furan rings is 1. The molecule has 12 rings (SSSR count). The van der Waals surface area contributed by atoms with Gasteiger partial charge in [0.05, 0.1) is 11.0 Å². The third-order valence-corrected chi connectivity index (χ3v) is 13.1. The Morgan fingerprint density at radius 2 is 0.914 bits per heavy atom. The normalized spacial score (nSPS) is 13.7. The van der Waals surface area contributed by atoms with Gasteiger partial charge in [-0.1, -0.05) is 121 Å². The van der Waals surface area contributed by atoms with Crippen LogP contribution in [0.25, 0.3) is 95.7 Å². The average Bonchev–Trinajstić information content (AvgIpc) is 4.07. The topological polar surface area (TPSA) is 16.4 Å². The molecule has 272 valence electrons. The summed E-state index contributed by atoms with van der Waals surface area (Å²) in [5.74, 6) is 0. The van der Waals surface area contributed by atoms with Crippen LogP contribution in [0.5, 0.6) is 0 Å². The van der Waals surface area contributed by atoms with Crippen molar-refractivity contribution in [1.29, 1.82) is 0 Å². The average molecular weight is 784 g/mol. The summed E-state index contributed by atoms with van der Waals surface area (Å²) in [5.41, 5.74) is 7.36. The van der Waals surface area contributed by atoms with Crippen LogP contribution in [-0.2, 0) is 0 Å². The molecule has 58 heavy (non-hydrogen) atoms. The van der Waals surface area contributed by atoms with Gasteiger partial charge in [0.15, 0.2) is 0 Å². The van der Waals surface area contributed by atoms with Crippen LogP contribution in [0.4, 0.5) is 17.1 Å². The lowest BCUT2D eigenvalue weighted by Gasteiger charge is -2.26. The van der Waals surface area contributed by atoms with Gasteiger partial charge in [-0.15, -0.1) is 22.7 Å². The summed E-state index contributed by atoms with van der Waals surface area (Å²) in [6.07, 6.45) is 0. The highest BCUT2D eigenvalue weighted by Crippen LogP contribution is 2.44. The number of fused-ring (bicyclic) bond motifs is 9. The molecule has 0 aliphatic carbocycles. The van der Waals surface area contributed by atoms with Gasteiger partial charge in [-0.25, -0.2) is 0 Å². The lowest BCUT2D eigenvalue weighted by atomic mass is 9.98. The molecule has 0 aliphatic rings.